The molecule has 2 rings (SSSR count). The average Bonchev–Trinajstić information content (AvgIpc) is 2.97. The molecule has 0 aromatic heterocycles. The molecule has 0 heterocycles. The molecule has 0 spiro atoms. The lowest BCUT2D eigenvalue weighted by molar-refractivity contribution is -0.114. The Morgan fingerprint density at radius 3 is 1.98 bits per heavy atom. The number of carbonyl (C=O) groups is 2. The Morgan fingerprint density at radius 2 is 1.27 bits per heavy atom. The number of rotatable bonds is 23. The fraction of sp³-hybridized carbons (Fsp3) is 0.486. The summed E-state index contributed by atoms with van der Waals surface area (Å²) in [6, 6.07) is 14.9. The Balaban J connectivity index is 1.92. The van der Waals surface area contributed by atoms with Crippen LogP contribution in [0, 0.1) is 0 Å². The molecule has 0 fully saturated rings. The number of ketones is 2. The Bertz CT molecular complexity index is 1030. The highest BCUT2D eigenvalue weighted by atomic mass is 16.5. The minimum Gasteiger partial charge on any atom is -0.494 e. The van der Waals surface area contributed by atoms with Gasteiger partial charge in [-0.1, -0.05) is 115 Å². The zero-order chi connectivity index (χ0) is 28.7. The highest BCUT2D eigenvalue weighted by Crippen LogP contribution is 2.28. The van der Waals surface area contributed by atoms with Gasteiger partial charge >= 0.3 is 0 Å². The van der Waals surface area contributed by atoms with Crippen molar-refractivity contribution in [2.75, 3.05) is 17.2 Å². The number of nitrogens with one attached hydrogen (secondary N) is 2. The van der Waals surface area contributed by atoms with E-state index in [0.717, 1.165) is 36.4 Å². The first kappa shape index (κ1) is 32.9. The van der Waals surface area contributed by atoms with Crippen LogP contribution < -0.4 is 15.4 Å². The van der Waals surface area contributed by atoms with Crippen LogP contribution in [-0.4, -0.2) is 18.2 Å². The van der Waals surface area contributed by atoms with Gasteiger partial charge in [-0.05, 0) is 31.1 Å². The lowest BCUT2D eigenvalue weighted by Gasteiger charge is -2.13. The number of benzene rings is 2. The molecule has 2 aromatic carbocycles. The molecule has 2 aromatic rings. The molecule has 0 amide bonds. The largest absolute Gasteiger partial charge is 0.494 e. The second kappa shape index (κ2) is 21.5. The van der Waals surface area contributed by atoms with E-state index in [-0.39, 0.29) is 11.6 Å². The van der Waals surface area contributed by atoms with E-state index in [1.165, 1.54) is 70.3 Å². The van der Waals surface area contributed by atoms with Gasteiger partial charge in [-0.25, -0.2) is 0 Å². The van der Waals surface area contributed by atoms with Crippen LogP contribution in [0.2, 0.25) is 0 Å². The molecule has 0 aliphatic rings. The monoisotopic (exact) mass is 546 g/mol. The van der Waals surface area contributed by atoms with Crippen LogP contribution in [0.4, 0.5) is 11.4 Å². The molecule has 40 heavy (non-hydrogen) atoms. The first-order valence-corrected chi connectivity index (χ1v) is 15.4. The lowest BCUT2D eigenvalue weighted by atomic mass is 10.1. The zero-order valence-corrected chi connectivity index (χ0v) is 24.8. The number of hydrogen-bond donors (Lipinski definition) is 2. The summed E-state index contributed by atoms with van der Waals surface area (Å²) in [4.78, 5) is 24.8. The summed E-state index contributed by atoms with van der Waals surface area (Å²) in [5.41, 5.74) is 2.20. The molecule has 0 aliphatic carbocycles. The third-order valence-electron chi connectivity index (χ3n) is 6.82. The summed E-state index contributed by atoms with van der Waals surface area (Å²) >= 11 is 0. The third kappa shape index (κ3) is 14.7. The van der Waals surface area contributed by atoms with Crippen LogP contribution >= 0.6 is 0 Å². The van der Waals surface area contributed by atoms with Crippen LogP contribution in [-0.2, 0) is 4.79 Å². The van der Waals surface area contributed by atoms with Crippen molar-refractivity contribution in [3.8, 4) is 5.75 Å². The van der Waals surface area contributed by atoms with E-state index in [0.29, 0.717) is 18.6 Å². The van der Waals surface area contributed by atoms with Gasteiger partial charge in [-0.3, -0.25) is 9.59 Å². The van der Waals surface area contributed by atoms with E-state index in [1.807, 2.05) is 36.4 Å². The molecule has 0 saturated heterocycles. The van der Waals surface area contributed by atoms with Crippen LogP contribution in [0.15, 0.2) is 73.1 Å². The topological polar surface area (TPSA) is 67.4 Å². The second-order valence-electron chi connectivity index (χ2n) is 10.3. The maximum absolute atomic E-state index is 12.4. The Kier molecular flexibility index (Phi) is 17.6. The highest BCUT2D eigenvalue weighted by Gasteiger charge is 2.05. The summed E-state index contributed by atoms with van der Waals surface area (Å²) in [6.07, 6.45) is 22.7. The summed E-state index contributed by atoms with van der Waals surface area (Å²) in [7, 11) is 0. The van der Waals surface area contributed by atoms with E-state index in [1.54, 1.807) is 30.6 Å². The lowest BCUT2D eigenvalue weighted by Crippen LogP contribution is -2.01. The predicted molar refractivity (Wildman–Crippen MR) is 169 cm³/mol. The summed E-state index contributed by atoms with van der Waals surface area (Å²) in [6.45, 7) is 5.13. The van der Waals surface area contributed by atoms with Gasteiger partial charge in [0.25, 0.3) is 0 Å². The predicted octanol–water partition coefficient (Wildman–Crippen LogP) is 9.87. The Morgan fingerprint density at radius 1 is 0.675 bits per heavy atom. The second-order valence-corrected chi connectivity index (χ2v) is 10.3. The maximum atomic E-state index is 12.4. The van der Waals surface area contributed by atoms with Gasteiger partial charge in [0.1, 0.15) is 5.75 Å². The maximum Gasteiger partial charge on any atom is 0.187 e. The van der Waals surface area contributed by atoms with Crippen molar-refractivity contribution in [3.63, 3.8) is 0 Å². The van der Waals surface area contributed by atoms with Crippen molar-refractivity contribution in [2.24, 2.45) is 0 Å². The Hall–Kier alpha value is -3.34. The summed E-state index contributed by atoms with van der Waals surface area (Å²) < 4.78 is 6.01. The van der Waals surface area contributed by atoms with Crippen LogP contribution in [0.5, 0.6) is 5.75 Å². The van der Waals surface area contributed by atoms with Crippen molar-refractivity contribution >= 4 is 22.9 Å². The molecule has 218 valence electrons. The van der Waals surface area contributed by atoms with Gasteiger partial charge in [-0.2, -0.15) is 0 Å². The van der Waals surface area contributed by atoms with Crippen molar-refractivity contribution in [3.05, 3.63) is 78.6 Å². The number of unbranched alkanes of at least 4 members (excludes halogenated alkanes) is 11. The summed E-state index contributed by atoms with van der Waals surface area (Å²) in [5.74, 6) is 0.825. The smallest absolute Gasteiger partial charge is 0.187 e. The summed E-state index contributed by atoms with van der Waals surface area (Å²) in [5, 5.41) is 6.44. The molecule has 5 heteroatoms. The molecular formula is C35H50N2O3. The third-order valence-corrected chi connectivity index (χ3v) is 6.82. The number of allylic oxidation sites excluding steroid dienone is 2. The van der Waals surface area contributed by atoms with Crippen molar-refractivity contribution < 1.29 is 14.3 Å². The first-order valence-electron chi connectivity index (χ1n) is 15.4. The number of carbonyl (C=O) groups excluding carboxylic acids is 2. The van der Waals surface area contributed by atoms with Gasteiger partial charge in [0.05, 0.1) is 18.0 Å². The molecule has 0 atom stereocenters. The Labute approximate surface area is 242 Å². The van der Waals surface area contributed by atoms with Crippen LogP contribution in [0.3, 0.4) is 0 Å². The van der Waals surface area contributed by atoms with E-state index in [2.05, 4.69) is 24.5 Å². The van der Waals surface area contributed by atoms with Crippen molar-refractivity contribution in [1.29, 1.82) is 0 Å². The molecule has 2 N–H and O–H groups in total. The van der Waals surface area contributed by atoms with E-state index >= 15 is 0 Å². The van der Waals surface area contributed by atoms with Gasteiger partial charge in [0.2, 0.25) is 0 Å². The molecular weight excluding hydrogens is 496 g/mol. The zero-order valence-electron chi connectivity index (χ0n) is 24.8. The number of ether oxygens (including phenoxy) is 1. The first-order chi connectivity index (χ1) is 19.6. The molecule has 0 saturated carbocycles. The highest BCUT2D eigenvalue weighted by molar-refractivity contribution is 6.04. The fourth-order valence-electron chi connectivity index (χ4n) is 4.40. The van der Waals surface area contributed by atoms with E-state index in [9.17, 15) is 9.59 Å². The number of hydrogen-bond acceptors (Lipinski definition) is 5. The van der Waals surface area contributed by atoms with Crippen molar-refractivity contribution in [1.82, 2.24) is 0 Å². The van der Waals surface area contributed by atoms with Gasteiger partial charge in [0, 0.05) is 36.5 Å². The standard InChI is InChI=1S/C35H50N2O3/c1-3-5-7-9-11-12-17-21-31(38)24-26-37-34-29-32(40-28-18-13-10-8-6-4-2)22-23-33(34)36-27-25-35(39)30-19-15-14-16-20-30/h14-16,19-20,22-27,29,36-37H,3-13,17-18,21,28H2,1-2H3/b26-24+,27-25+. The average molecular weight is 547 g/mol. The van der Waals surface area contributed by atoms with Crippen LogP contribution in [0.25, 0.3) is 0 Å². The molecule has 0 radical (unpaired) electrons. The van der Waals surface area contributed by atoms with Crippen LogP contribution in [0.1, 0.15) is 114 Å². The SMILES string of the molecule is CCCCCCCCCC(=O)/C=C/Nc1cc(OCCCCCCCC)ccc1N/C=C/C(=O)c1ccccc1. The van der Waals surface area contributed by atoms with Gasteiger partial charge < -0.3 is 15.4 Å². The molecule has 5 nitrogen and oxygen atoms in total. The van der Waals surface area contributed by atoms with Gasteiger partial charge in [0.15, 0.2) is 11.6 Å². The van der Waals surface area contributed by atoms with E-state index < -0.39 is 0 Å². The minimum absolute atomic E-state index is 0.0719. The quantitative estimate of drug-likeness (QED) is 0.0824. The molecule has 0 unspecified atom stereocenters. The van der Waals surface area contributed by atoms with Crippen molar-refractivity contribution in [2.45, 2.75) is 104 Å². The molecule has 0 aliphatic heterocycles. The molecule has 0 bridgehead atoms. The fourth-order valence-corrected chi connectivity index (χ4v) is 4.40. The van der Waals surface area contributed by atoms with E-state index in [4.69, 9.17) is 4.74 Å². The normalized spacial score (nSPS) is 11.2. The number of anilines is 2. The van der Waals surface area contributed by atoms with Gasteiger partial charge in [-0.15, -0.1) is 0 Å². The minimum atomic E-state index is -0.0719.